The van der Waals surface area contributed by atoms with Gasteiger partial charge < -0.3 is 15.7 Å². The lowest BCUT2D eigenvalue weighted by molar-refractivity contribution is -0.132. The van der Waals surface area contributed by atoms with Gasteiger partial charge in [0.1, 0.15) is 5.70 Å². The summed E-state index contributed by atoms with van der Waals surface area (Å²) >= 11 is 12.3. The lowest BCUT2D eigenvalue weighted by Crippen LogP contribution is -2.31. The molecule has 0 fully saturated rings. The summed E-state index contributed by atoms with van der Waals surface area (Å²) in [6.45, 7) is 0. The molecule has 0 saturated heterocycles. The highest BCUT2D eigenvalue weighted by molar-refractivity contribution is 7.89. The van der Waals surface area contributed by atoms with Crippen LogP contribution in [0.1, 0.15) is 22.0 Å². The number of rotatable bonds is 6. The normalized spacial score (nSPS) is 15.0. The number of halogens is 2. The van der Waals surface area contributed by atoms with Crippen molar-refractivity contribution in [1.82, 2.24) is 4.72 Å². The maximum Gasteiger partial charge on any atom is 0.352 e. The summed E-state index contributed by atoms with van der Waals surface area (Å²) in [5.74, 6) is -1.61. The van der Waals surface area contributed by atoms with Crippen molar-refractivity contribution >= 4 is 56.5 Å². The molecule has 0 aliphatic carbocycles. The average molecular weight is 518 g/mol. The summed E-state index contributed by atoms with van der Waals surface area (Å²) in [7, 11) is -4.10. The summed E-state index contributed by atoms with van der Waals surface area (Å²) in [5, 5.41) is 15.2. The first-order valence-electron chi connectivity index (χ1n) is 9.84. The molecule has 174 valence electrons. The summed E-state index contributed by atoms with van der Waals surface area (Å²) in [6, 6.07) is 16.0. The third kappa shape index (κ3) is 5.07. The summed E-state index contributed by atoms with van der Waals surface area (Å²) in [5.41, 5.74) is 1.27. The molecule has 3 aromatic rings. The van der Waals surface area contributed by atoms with E-state index in [1.807, 2.05) is 0 Å². The van der Waals surface area contributed by atoms with E-state index in [-0.39, 0.29) is 32.2 Å². The van der Waals surface area contributed by atoms with Gasteiger partial charge in [-0.25, -0.2) is 13.2 Å². The van der Waals surface area contributed by atoms with E-state index >= 15 is 0 Å². The van der Waals surface area contributed by atoms with Gasteiger partial charge in [-0.3, -0.25) is 4.79 Å². The number of fused-ring (bicyclic) bond motifs is 1. The Labute approximate surface area is 205 Å². The molecule has 3 aromatic carbocycles. The monoisotopic (exact) mass is 517 g/mol. The number of carbonyl (C=O) groups is 2. The Morgan fingerprint density at radius 1 is 0.971 bits per heavy atom. The molecule has 0 aromatic heterocycles. The molecule has 0 saturated carbocycles. The van der Waals surface area contributed by atoms with Crippen LogP contribution in [0.25, 0.3) is 0 Å². The number of amides is 1. The Kier molecular flexibility index (Phi) is 6.63. The van der Waals surface area contributed by atoms with Crippen molar-refractivity contribution in [3.8, 4) is 0 Å². The molecule has 34 heavy (non-hydrogen) atoms. The minimum atomic E-state index is -4.10. The van der Waals surface area contributed by atoms with E-state index in [2.05, 4.69) is 15.4 Å². The minimum absolute atomic E-state index is 0.0827. The Morgan fingerprint density at radius 2 is 1.65 bits per heavy atom. The number of hydrogen-bond donors (Lipinski definition) is 4. The fourth-order valence-electron chi connectivity index (χ4n) is 3.40. The van der Waals surface area contributed by atoms with Crippen molar-refractivity contribution in [3.63, 3.8) is 0 Å². The molecule has 11 heteroatoms. The smallest absolute Gasteiger partial charge is 0.352 e. The maximum absolute atomic E-state index is 13.1. The predicted octanol–water partition coefficient (Wildman–Crippen LogP) is 4.66. The van der Waals surface area contributed by atoms with Gasteiger partial charge in [0.2, 0.25) is 10.0 Å². The molecule has 1 heterocycles. The molecule has 4 rings (SSSR count). The number of aliphatic carboxylic acids is 1. The molecular formula is C23H17Cl2N3O5S. The number of nitrogens with one attached hydrogen (secondary N) is 3. The van der Waals surface area contributed by atoms with Crippen LogP contribution in [0, 0.1) is 0 Å². The van der Waals surface area contributed by atoms with Crippen LogP contribution in [0.15, 0.2) is 83.4 Å². The Balaban J connectivity index is 1.58. The lowest BCUT2D eigenvalue weighted by atomic mass is 10.0. The number of carboxylic acid groups (broad SMARTS) is 1. The van der Waals surface area contributed by atoms with Crippen molar-refractivity contribution in [2.24, 2.45) is 0 Å². The van der Waals surface area contributed by atoms with Crippen LogP contribution in [0.4, 0.5) is 11.4 Å². The van der Waals surface area contributed by atoms with Gasteiger partial charge >= 0.3 is 5.97 Å². The molecule has 1 atom stereocenters. The Bertz CT molecular complexity index is 1410. The zero-order valence-corrected chi connectivity index (χ0v) is 19.6. The summed E-state index contributed by atoms with van der Waals surface area (Å²) in [4.78, 5) is 23.7. The number of sulfonamides is 1. The van der Waals surface area contributed by atoms with Crippen molar-refractivity contribution in [3.05, 3.63) is 99.7 Å². The van der Waals surface area contributed by atoms with Crippen LogP contribution in [-0.2, 0) is 14.8 Å². The number of carboxylic acids is 1. The molecule has 0 radical (unpaired) electrons. The van der Waals surface area contributed by atoms with E-state index < -0.39 is 22.0 Å². The van der Waals surface area contributed by atoms with E-state index in [1.54, 1.807) is 30.3 Å². The van der Waals surface area contributed by atoms with Crippen molar-refractivity contribution in [2.45, 2.75) is 10.9 Å². The maximum atomic E-state index is 13.1. The van der Waals surface area contributed by atoms with Crippen molar-refractivity contribution in [2.75, 3.05) is 10.6 Å². The van der Waals surface area contributed by atoms with Crippen molar-refractivity contribution in [1.29, 1.82) is 0 Å². The fraction of sp³-hybridized carbons (Fsp3) is 0.0435. The molecular weight excluding hydrogens is 501 g/mol. The lowest BCUT2D eigenvalue weighted by Gasteiger charge is -2.26. The largest absolute Gasteiger partial charge is 0.477 e. The second-order valence-corrected chi connectivity index (χ2v) is 9.86. The number of anilines is 2. The topological polar surface area (TPSA) is 125 Å². The second kappa shape index (κ2) is 9.47. The molecule has 0 bridgehead atoms. The fourth-order valence-corrected chi connectivity index (χ4v) is 5.17. The van der Waals surface area contributed by atoms with Crippen LogP contribution in [-0.4, -0.2) is 25.4 Å². The molecule has 1 aliphatic heterocycles. The van der Waals surface area contributed by atoms with E-state index in [0.717, 1.165) is 0 Å². The van der Waals surface area contributed by atoms with Gasteiger partial charge in [0.25, 0.3) is 5.91 Å². The van der Waals surface area contributed by atoms with E-state index in [9.17, 15) is 23.1 Å². The summed E-state index contributed by atoms with van der Waals surface area (Å²) in [6.07, 6.45) is 1.22. The van der Waals surface area contributed by atoms with Crippen molar-refractivity contribution < 1.29 is 23.1 Å². The first-order valence-corrected chi connectivity index (χ1v) is 12.1. The van der Waals surface area contributed by atoms with Gasteiger partial charge in [0.05, 0.1) is 10.9 Å². The van der Waals surface area contributed by atoms with E-state index in [1.165, 1.54) is 42.5 Å². The van der Waals surface area contributed by atoms with E-state index in [0.29, 0.717) is 16.8 Å². The standard InChI is InChI=1S/C23H17Cl2N3O5S/c24-14-10-17(25)21-18(11-14)27-20(23(30)31)12-19(21)28-34(32,33)16-8-6-15(7-9-16)26-22(29)13-4-2-1-3-5-13/h1-12,19,27-28H,(H,26,29)(H,30,31). The molecule has 1 amide bonds. The second-order valence-electron chi connectivity index (χ2n) is 7.30. The molecule has 0 spiro atoms. The highest BCUT2D eigenvalue weighted by Crippen LogP contribution is 2.39. The average Bonchev–Trinajstić information content (AvgIpc) is 2.79. The van der Waals surface area contributed by atoms with Crippen LogP contribution < -0.4 is 15.4 Å². The SMILES string of the molecule is O=C(O)C1=CC(NS(=O)(=O)c2ccc(NC(=O)c3ccccc3)cc2)c2c(Cl)cc(Cl)cc2N1. The van der Waals surface area contributed by atoms with Gasteiger partial charge in [-0.15, -0.1) is 0 Å². The van der Waals surface area contributed by atoms with Gasteiger partial charge in [-0.1, -0.05) is 41.4 Å². The number of benzene rings is 3. The third-order valence-corrected chi connectivity index (χ3v) is 6.97. The van der Waals surface area contributed by atoms with Crippen LogP contribution in [0.3, 0.4) is 0 Å². The van der Waals surface area contributed by atoms with Gasteiger partial charge in [-0.2, -0.15) is 4.72 Å². The Hall–Kier alpha value is -3.37. The predicted molar refractivity (Wildman–Crippen MR) is 130 cm³/mol. The summed E-state index contributed by atoms with van der Waals surface area (Å²) < 4.78 is 28.6. The van der Waals surface area contributed by atoms with E-state index in [4.69, 9.17) is 23.2 Å². The van der Waals surface area contributed by atoms with Crippen LogP contribution in [0.5, 0.6) is 0 Å². The number of hydrogen-bond acceptors (Lipinski definition) is 5. The highest BCUT2D eigenvalue weighted by atomic mass is 35.5. The first-order chi connectivity index (χ1) is 16.1. The minimum Gasteiger partial charge on any atom is -0.477 e. The van der Waals surface area contributed by atoms with Gasteiger partial charge in [0.15, 0.2) is 0 Å². The first kappa shape index (κ1) is 23.8. The zero-order valence-electron chi connectivity index (χ0n) is 17.2. The Morgan fingerprint density at radius 3 is 2.29 bits per heavy atom. The van der Waals surface area contributed by atoms with Crippen LogP contribution in [0.2, 0.25) is 10.0 Å². The van der Waals surface area contributed by atoms with Gasteiger partial charge in [-0.05, 0) is 54.6 Å². The number of carbonyl (C=O) groups excluding carboxylic acids is 1. The molecule has 1 unspecified atom stereocenters. The molecule has 4 N–H and O–H groups in total. The van der Waals surface area contributed by atoms with Crippen LogP contribution >= 0.6 is 23.2 Å². The molecule has 8 nitrogen and oxygen atoms in total. The quantitative estimate of drug-likeness (QED) is 0.376. The highest BCUT2D eigenvalue weighted by Gasteiger charge is 2.30. The van der Waals surface area contributed by atoms with Gasteiger partial charge in [0, 0.05) is 32.5 Å². The zero-order chi connectivity index (χ0) is 24.5. The molecule has 1 aliphatic rings. The third-order valence-electron chi connectivity index (χ3n) is 4.98.